The molecular formula is C7H15N. The summed E-state index contributed by atoms with van der Waals surface area (Å²) in [6, 6.07) is 0. The van der Waals surface area contributed by atoms with Crippen LogP contribution in [-0.2, 0) is 0 Å². The van der Waals surface area contributed by atoms with Gasteiger partial charge in [0.2, 0.25) is 0 Å². The largest absolute Gasteiger partial charge is 0.325 e. The molecular weight excluding hydrogens is 98.1 g/mol. The lowest BCUT2D eigenvalue weighted by Crippen LogP contribution is -2.37. The first-order chi connectivity index (χ1) is 3.46. The maximum atomic E-state index is 5.92. The van der Waals surface area contributed by atoms with E-state index in [0.717, 1.165) is 0 Å². The van der Waals surface area contributed by atoms with Gasteiger partial charge in [-0.05, 0) is 18.3 Å². The van der Waals surface area contributed by atoms with Crippen LogP contribution in [0.25, 0.3) is 0 Å². The molecule has 1 fully saturated rings. The summed E-state index contributed by atoms with van der Waals surface area (Å²) >= 11 is 0. The van der Waals surface area contributed by atoms with Crippen molar-refractivity contribution in [1.82, 2.24) is 0 Å². The third kappa shape index (κ3) is 0.752. The van der Waals surface area contributed by atoms with Crippen LogP contribution in [0.5, 0.6) is 0 Å². The zero-order valence-electron chi connectivity index (χ0n) is 5.99. The van der Waals surface area contributed by atoms with Crippen molar-refractivity contribution in [3.8, 4) is 0 Å². The smallest absolute Gasteiger partial charge is 0.0204 e. The van der Waals surface area contributed by atoms with E-state index in [9.17, 15) is 0 Å². The van der Waals surface area contributed by atoms with Gasteiger partial charge >= 0.3 is 0 Å². The molecule has 0 amide bonds. The fourth-order valence-electron chi connectivity index (χ4n) is 0.885. The molecule has 1 saturated carbocycles. The van der Waals surface area contributed by atoms with E-state index in [-0.39, 0.29) is 5.54 Å². The van der Waals surface area contributed by atoms with E-state index in [1.807, 2.05) is 0 Å². The normalized spacial score (nSPS) is 25.5. The first-order valence-electron chi connectivity index (χ1n) is 3.25. The second kappa shape index (κ2) is 1.27. The molecule has 2 N–H and O–H groups in total. The van der Waals surface area contributed by atoms with Crippen molar-refractivity contribution >= 4 is 0 Å². The summed E-state index contributed by atoms with van der Waals surface area (Å²) in [6.45, 7) is 6.62. The minimum atomic E-state index is 0.188. The Morgan fingerprint density at radius 1 is 1.25 bits per heavy atom. The van der Waals surface area contributed by atoms with E-state index in [0.29, 0.717) is 5.41 Å². The topological polar surface area (TPSA) is 26.0 Å². The highest BCUT2D eigenvalue weighted by molar-refractivity contribution is 5.06. The molecule has 0 bridgehead atoms. The van der Waals surface area contributed by atoms with E-state index >= 15 is 0 Å². The monoisotopic (exact) mass is 113 g/mol. The summed E-state index contributed by atoms with van der Waals surface area (Å²) in [7, 11) is 0. The molecule has 0 aliphatic heterocycles. The maximum absolute atomic E-state index is 5.92. The van der Waals surface area contributed by atoms with Gasteiger partial charge in [-0.15, -0.1) is 0 Å². The highest BCUT2D eigenvalue weighted by atomic mass is 14.9. The van der Waals surface area contributed by atoms with Gasteiger partial charge in [0.1, 0.15) is 0 Å². The van der Waals surface area contributed by atoms with Gasteiger partial charge in [0.05, 0.1) is 0 Å². The first kappa shape index (κ1) is 6.09. The highest BCUT2D eigenvalue weighted by Gasteiger charge is 2.48. The third-order valence-electron chi connectivity index (χ3n) is 2.28. The molecule has 1 rings (SSSR count). The molecule has 0 unspecified atom stereocenters. The Kier molecular flexibility index (Phi) is 0.965. The molecule has 1 nitrogen and oxygen atoms in total. The van der Waals surface area contributed by atoms with Crippen LogP contribution >= 0.6 is 0 Å². The van der Waals surface area contributed by atoms with E-state index in [4.69, 9.17) is 5.73 Å². The van der Waals surface area contributed by atoms with Crippen LogP contribution in [0, 0.1) is 5.41 Å². The Hall–Kier alpha value is -0.0400. The van der Waals surface area contributed by atoms with Crippen LogP contribution in [0.15, 0.2) is 0 Å². The quantitative estimate of drug-likeness (QED) is 0.506. The zero-order valence-corrected chi connectivity index (χ0v) is 5.99. The summed E-state index contributed by atoms with van der Waals surface area (Å²) in [4.78, 5) is 0. The minimum Gasteiger partial charge on any atom is -0.325 e. The molecule has 0 saturated heterocycles. The van der Waals surface area contributed by atoms with Gasteiger partial charge in [-0.1, -0.05) is 20.8 Å². The van der Waals surface area contributed by atoms with Gasteiger partial charge in [-0.25, -0.2) is 0 Å². The van der Waals surface area contributed by atoms with Crippen LogP contribution in [0.4, 0.5) is 0 Å². The van der Waals surface area contributed by atoms with Crippen LogP contribution in [-0.4, -0.2) is 5.54 Å². The molecule has 0 heterocycles. The molecule has 1 aliphatic rings. The van der Waals surface area contributed by atoms with Crippen molar-refractivity contribution in [2.75, 3.05) is 0 Å². The van der Waals surface area contributed by atoms with Crippen molar-refractivity contribution in [2.45, 2.75) is 39.2 Å². The van der Waals surface area contributed by atoms with Gasteiger partial charge in [0.25, 0.3) is 0 Å². The lowest BCUT2D eigenvalue weighted by Gasteiger charge is -2.26. The standard InChI is InChI=1S/C7H15N/c1-6(2,3)7(8)4-5-7/h4-5,8H2,1-3H3. The third-order valence-corrected chi connectivity index (χ3v) is 2.28. The summed E-state index contributed by atoms with van der Waals surface area (Å²) in [5, 5.41) is 0. The van der Waals surface area contributed by atoms with Crippen molar-refractivity contribution < 1.29 is 0 Å². The fraction of sp³-hybridized carbons (Fsp3) is 1.00. The Morgan fingerprint density at radius 2 is 1.62 bits per heavy atom. The Morgan fingerprint density at radius 3 is 1.62 bits per heavy atom. The van der Waals surface area contributed by atoms with E-state index < -0.39 is 0 Å². The highest BCUT2D eigenvalue weighted by Crippen LogP contribution is 2.46. The van der Waals surface area contributed by atoms with Crippen molar-refractivity contribution in [3.05, 3.63) is 0 Å². The lowest BCUT2D eigenvalue weighted by atomic mass is 9.85. The van der Waals surface area contributed by atoms with E-state index in [2.05, 4.69) is 20.8 Å². The summed E-state index contributed by atoms with van der Waals surface area (Å²) in [5.74, 6) is 0. The molecule has 1 heteroatoms. The van der Waals surface area contributed by atoms with Crippen molar-refractivity contribution in [2.24, 2.45) is 11.1 Å². The van der Waals surface area contributed by atoms with Gasteiger partial charge in [0, 0.05) is 5.54 Å². The predicted molar refractivity (Wildman–Crippen MR) is 35.6 cm³/mol. The van der Waals surface area contributed by atoms with Gasteiger partial charge < -0.3 is 5.73 Å². The molecule has 0 aromatic carbocycles. The van der Waals surface area contributed by atoms with E-state index in [1.165, 1.54) is 12.8 Å². The number of rotatable bonds is 0. The zero-order chi connectivity index (χ0) is 6.41. The molecule has 0 atom stereocenters. The van der Waals surface area contributed by atoms with Gasteiger partial charge in [-0.2, -0.15) is 0 Å². The van der Waals surface area contributed by atoms with Crippen LogP contribution in [0.1, 0.15) is 33.6 Å². The summed E-state index contributed by atoms with van der Waals surface area (Å²) in [5.41, 5.74) is 6.44. The second-order valence-electron chi connectivity index (χ2n) is 3.91. The van der Waals surface area contributed by atoms with E-state index in [1.54, 1.807) is 0 Å². The van der Waals surface area contributed by atoms with Crippen LogP contribution < -0.4 is 5.73 Å². The molecule has 0 spiro atoms. The summed E-state index contributed by atoms with van der Waals surface area (Å²) < 4.78 is 0. The van der Waals surface area contributed by atoms with Crippen LogP contribution in [0.2, 0.25) is 0 Å². The molecule has 0 radical (unpaired) electrons. The predicted octanol–water partition coefficient (Wildman–Crippen LogP) is 1.52. The average Bonchev–Trinajstić information content (AvgIpc) is 2.16. The summed E-state index contributed by atoms with van der Waals surface area (Å²) in [6.07, 6.45) is 2.44. The minimum absolute atomic E-state index is 0.188. The fourth-order valence-corrected chi connectivity index (χ4v) is 0.885. The lowest BCUT2D eigenvalue weighted by molar-refractivity contribution is 0.301. The molecule has 8 heavy (non-hydrogen) atoms. The molecule has 48 valence electrons. The number of hydrogen-bond acceptors (Lipinski definition) is 1. The van der Waals surface area contributed by atoms with Gasteiger partial charge in [0.15, 0.2) is 0 Å². The first-order valence-corrected chi connectivity index (χ1v) is 3.25. The van der Waals surface area contributed by atoms with Crippen molar-refractivity contribution in [1.29, 1.82) is 0 Å². The number of nitrogens with two attached hydrogens (primary N) is 1. The molecule has 0 aromatic rings. The average molecular weight is 113 g/mol. The molecule has 0 aromatic heterocycles. The Balaban J connectivity index is 2.58. The van der Waals surface area contributed by atoms with Crippen LogP contribution in [0.3, 0.4) is 0 Å². The Labute approximate surface area is 51.3 Å². The van der Waals surface area contributed by atoms with Crippen molar-refractivity contribution in [3.63, 3.8) is 0 Å². The maximum Gasteiger partial charge on any atom is 0.0204 e. The van der Waals surface area contributed by atoms with Gasteiger partial charge in [-0.3, -0.25) is 0 Å². The second-order valence-corrected chi connectivity index (χ2v) is 3.91. The Bertz CT molecular complexity index is 92.2. The molecule has 1 aliphatic carbocycles. The SMILES string of the molecule is CC(C)(C)C1(N)CC1. The number of hydrogen-bond donors (Lipinski definition) is 1.